The molecule has 1 N–H and O–H groups in total. The molecule has 2 rings (SSSR count). The van der Waals surface area contributed by atoms with Gasteiger partial charge in [-0.15, -0.1) is 0 Å². The van der Waals surface area contributed by atoms with Crippen molar-refractivity contribution in [2.45, 2.75) is 40.3 Å². The number of nitrogens with zero attached hydrogens (tertiary/aromatic N) is 3. The second-order valence-electron chi connectivity index (χ2n) is 5.11. The summed E-state index contributed by atoms with van der Waals surface area (Å²) >= 11 is 0. The predicted octanol–water partition coefficient (Wildman–Crippen LogP) is 2.59. The van der Waals surface area contributed by atoms with E-state index in [4.69, 9.17) is 0 Å². The summed E-state index contributed by atoms with van der Waals surface area (Å²) in [6.45, 7) is 9.31. The van der Waals surface area contributed by atoms with Crippen molar-refractivity contribution in [2.75, 3.05) is 0 Å². The zero-order valence-electron chi connectivity index (χ0n) is 12.4. The highest BCUT2D eigenvalue weighted by molar-refractivity contribution is 5.28. The van der Waals surface area contributed by atoms with Crippen LogP contribution in [0.2, 0.25) is 0 Å². The van der Waals surface area contributed by atoms with E-state index < -0.39 is 0 Å². The van der Waals surface area contributed by atoms with E-state index in [0.717, 1.165) is 12.2 Å². The molecule has 0 aliphatic rings. The Morgan fingerprint density at radius 2 is 2.05 bits per heavy atom. The van der Waals surface area contributed by atoms with E-state index in [0.29, 0.717) is 0 Å². The molecule has 0 bridgehead atoms. The predicted molar refractivity (Wildman–Crippen MR) is 76.9 cm³/mol. The van der Waals surface area contributed by atoms with E-state index in [1.165, 1.54) is 22.4 Å². The molecule has 0 fully saturated rings. The maximum Gasteiger partial charge on any atom is 0.0644 e. The number of aromatic nitrogens is 3. The molecular formula is C15H22N4. The quantitative estimate of drug-likeness (QED) is 0.916. The van der Waals surface area contributed by atoms with Gasteiger partial charge in [0, 0.05) is 43.3 Å². The summed E-state index contributed by atoms with van der Waals surface area (Å²) in [6.07, 6.45) is 3.76. The Morgan fingerprint density at radius 3 is 2.63 bits per heavy atom. The van der Waals surface area contributed by atoms with E-state index in [1.54, 1.807) is 0 Å². The van der Waals surface area contributed by atoms with Gasteiger partial charge < -0.3 is 5.32 Å². The van der Waals surface area contributed by atoms with Crippen molar-refractivity contribution < 1.29 is 0 Å². The maximum absolute atomic E-state index is 4.47. The molecule has 0 spiro atoms. The van der Waals surface area contributed by atoms with Crippen LogP contribution < -0.4 is 5.32 Å². The fourth-order valence-corrected chi connectivity index (χ4v) is 2.46. The summed E-state index contributed by atoms with van der Waals surface area (Å²) < 4.78 is 1.94. The first-order chi connectivity index (χ1) is 9.00. The summed E-state index contributed by atoms with van der Waals surface area (Å²) in [7, 11) is 1.99. The molecule has 102 valence electrons. The van der Waals surface area contributed by atoms with E-state index in [1.807, 2.05) is 30.2 Å². The third-order valence-corrected chi connectivity index (χ3v) is 3.74. The van der Waals surface area contributed by atoms with Gasteiger partial charge in [-0.25, -0.2) is 0 Å². The Hall–Kier alpha value is -1.68. The molecule has 2 aromatic rings. The third-order valence-electron chi connectivity index (χ3n) is 3.74. The number of rotatable bonds is 4. The first-order valence-corrected chi connectivity index (χ1v) is 6.63. The zero-order chi connectivity index (χ0) is 14.0. The van der Waals surface area contributed by atoms with Gasteiger partial charge in [0.2, 0.25) is 0 Å². The molecule has 2 heterocycles. The van der Waals surface area contributed by atoms with Crippen molar-refractivity contribution in [3.05, 3.63) is 46.5 Å². The first-order valence-electron chi connectivity index (χ1n) is 6.63. The van der Waals surface area contributed by atoms with Crippen LogP contribution in [0.5, 0.6) is 0 Å². The maximum atomic E-state index is 4.47. The number of pyridine rings is 1. The fraction of sp³-hybridized carbons (Fsp3) is 0.467. The Balaban J connectivity index is 2.10. The lowest BCUT2D eigenvalue weighted by molar-refractivity contribution is 0.566. The minimum atomic E-state index is 0.285. The Morgan fingerprint density at radius 1 is 1.32 bits per heavy atom. The largest absolute Gasteiger partial charge is 0.306 e. The van der Waals surface area contributed by atoms with Gasteiger partial charge in [0.15, 0.2) is 0 Å². The van der Waals surface area contributed by atoms with Gasteiger partial charge in [-0.05, 0) is 44.9 Å². The van der Waals surface area contributed by atoms with E-state index in [2.05, 4.69) is 43.1 Å². The van der Waals surface area contributed by atoms with Crippen molar-refractivity contribution in [1.82, 2.24) is 20.1 Å². The fourth-order valence-electron chi connectivity index (χ4n) is 2.46. The third kappa shape index (κ3) is 2.84. The molecule has 0 saturated carbocycles. The van der Waals surface area contributed by atoms with Crippen LogP contribution in [0.25, 0.3) is 0 Å². The normalized spacial score (nSPS) is 12.7. The van der Waals surface area contributed by atoms with Crippen molar-refractivity contribution in [3.8, 4) is 0 Å². The van der Waals surface area contributed by atoms with Crippen LogP contribution >= 0.6 is 0 Å². The smallest absolute Gasteiger partial charge is 0.0644 e. The van der Waals surface area contributed by atoms with Crippen molar-refractivity contribution in [2.24, 2.45) is 7.05 Å². The van der Waals surface area contributed by atoms with Crippen LogP contribution in [0.4, 0.5) is 0 Å². The number of hydrogen-bond acceptors (Lipinski definition) is 3. The summed E-state index contributed by atoms with van der Waals surface area (Å²) in [5.74, 6) is 0. The second-order valence-corrected chi connectivity index (χ2v) is 5.11. The molecule has 0 amide bonds. The SMILES string of the molecule is Cc1ccncc1CNC(C)c1c(C)nn(C)c1C. The molecule has 0 aromatic carbocycles. The lowest BCUT2D eigenvalue weighted by atomic mass is 10.1. The van der Waals surface area contributed by atoms with Gasteiger partial charge in [-0.2, -0.15) is 5.10 Å². The van der Waals surface area contributed by atoms with Gasteiger partial charge >= 0.3 is 0 Å². The molecule has 4 nitrogen and oxygen atoms in total. The van der Waals surface area contributed by atoms with E-state index in [-0.39, 0.29) is 6.04 Å². The van der Waals surface area contributed by atoms with Gasteiger partial charge in [0.05, 0.1) is 5.69 Å². The molecule has 0 radical (unpaired) electrons. The summed E-state index contributed by atoms with van der Waals surface area (Å²) in [4.78, 5) is 4.18. The molecule has 2 aromatic heterocycles. The summed E-state index contributed by atoms with van der Waals surface area (Å²) in [6, 6.07) is 2.33. The molecule has 19 heavy (non-hydrogen) atoms. The van der Waals surface area contributed by atoms with Gasteiger partial charge in [0.1, 0.15) is 0 Å². The highest BCUT2D eigenvalue weighted by Crippen LogP contribution is 2.21. The molecular weight excluding hydrogens is 236 g/mol. The molecule has 0 aliphatic carbocycles. The molecule has 0 saturated heterocycles. The number of aryl methyl sites for hydroxylation is 3. The van der Waals surface area contributed by atoms with Crippen LogP contribution in [-0.4, -0.2) is 14.8 Å². The van der Waals surface area contributed by atoms with Crippen molar-refractivity contribution in [1.29, 1.82) is 0 Å². The van der Waals surface area contributed by atoms with Crippen LogP contribution in [-0.2, 0) is 13.6 Å². The van der Waals surface area contributed by atoms with Crippen LogP contribution in [0.15, 0.2) is 18.5 Å². The average Bonchev–Trinajstić information content (AvgIpc) is 2.62. The Bertz CT molecular complexity index is 572. The van der Waals surface area contributed by atoms with E-state index >= 15 is 0 Å². The molecule has 1 unspecified atom stereocenters. The first kappa shape index (κ1) is 13.7. The van der Waals surface area contributed by atoms with Gasteiger partial charge in [0.25, 0.3) is 0 Å². The van der Waals surface area contributed by atoms with Crippen molar-refractivity contribution in [3.63, 3.8) is 0 Å². The highest BCUT2D eigenvalue weighted by atomic mass is 15.3. The monoisotopic (exact) mass is 258 g/mol. The highest BCUT2D eigenvalue weighted by Gasteiger charge is 2.15. The lowest BCUT2D eigenvalue weighted by Gasteiger charge is -2.15. The Labute approximate surface area is 114 Å². The minimum Gasteiger partial charge on any atom is -0.306 e. The van der Waals surface area contributed by atoms with Gasteiger partial charge in [-0.3, -0.25) is 9.67 Å². The molecule has 1 atom stereocenters. The Kier molecular flexibility index (Phi) is 4.00. The summed E-state index contributed by atoms with van der Waals surface area (Å²) in [5, 5.41) is 8.03. The van der Waals surface area contributed by atoms with Crippen molar-refractivity contribution >= 4 is 0 Å². The number of nitrogens with one attached hydrogen (secondary N) is 1. The van der Waals surface area contributed by atoms with Crippen LogP contribution in [0.1, 0.15) is 41.0 Å². The minimum absolute atomic E-state index is 0.285. The summed E-state index contributed by atoms with van der Waals surface area (Å²) in [5.41, 5.74) is 6.13. The molecule has 4 heteroatoms. The number of hydrogen-bond donors (Lipinski definition) is 1. The average molecular weight is 258 g/mol. The second kappa shape index (κ2) is 5.53. The van der Waals surface area contributed by atoms with Crippen LogP contribution in [0.3, 0.4) is 0 Å². The topological polar surface area (TPSA) is 42.7 Å². The van der Waals surface area contributed by atoms with Gasteiger partial charge in [-0.1, -0.05) is 0 Å². The molecule has 0 aliphatic heterocycles. The lowest BCUT2D eigenvalue weighted by Crippen LogP contribution is -2.20. The zero-order valence-corrected chi connectivity index (χ0v) is 12.4. The van der Waals surface area contributed by atoms with E-state index in [9.17, 15) is 0 Å². The standard InChI is InChI=1S/C15H22N4/c1-10-6-7-16-8-14(10)9-17-11(2)15-12(3)18-19(5)13(15)4/h6-8,11,17H,9H2,1-5H3. The van der Waals surface area contributed by atoms with Crippen LogP contribution in [0, 0.1) is 20.8 Å².